The Morgan fingerprint density at radius 1 is 1.44 bits per heavy atom. The van der Waals surface area contributed by atoms with Crippen molar-refractivity contribution in [1.82, 2.24) is 9.88 Å². The van der Waals surface area contributed by atoms with Gasteiger partial charge in [0.25, 0.3) is 0 Å². The van der Waals surface area contributed by atoms with Crippen LogP contribution in [0.5, 0.6) is 0 Å². The molecule has 0 atom stereocenters. The van der Waals surface area contributed by atoms with Crippen LogP contribution in [0, 0.1) is 6.92 Å². The minimum Gasteiger partial charge on any atom is -0.343 e. The van der Waals surface area contributed by atoms with Crippen LogP contribution in [0.2, 0.25) is 0 Å². The molecule has 0 radical (unpaired) electrons. The Hall–Kier alpha value is -0.940. The van der Waals surface area contributed by atoms with Crippen molar-refractivity contribution in [2.75, 3.05) is 13.1 Å². The van der Waals surface area contributed by atoms with Gasteiger partial charge in [0.05, 0.1) is 12.1 Å². The zero-order valence-electron chi connectivity index (χ0n) is 10.1. The van der Waals surface area contributed by atoms with Crippen LogP contribution < -0.4 is 5.73 Å². The van der Waals surface area contributed by atoms with Crippen LogP contribution in [0.15, 0.2) is 0 Å². The molecule has 0 saturated carbocycles. The Labute approximate surface area is 100 Å². The molecule has 1 aromatic rings. The molecular weight excluding hydrogens is 222 g/mol. The van der Waals surface area contributed by atoms with Gasteiger partial charge in [0, 0.05) is 24.5 Å². The highest BCUT2D eigenvalue weighted by atomic mass is 32.1. The fourth-order valence-electron chi connectivity index (χ4n) is 1.57. The number of thiazole rings is 1. The zero-order valence-corrected chi connectivity index (χ0v) is 10.9. The second-order valence-electron chi connectivity index (χ2n) is 3.56. The summed E-state index contributed by atoms with van der Waals surface area (Å²) in [4.78, 5) is 19.1. The van der Waals surface area contributed by atoms with Crippen molar-refractivity contribution >= 4 is 17.2 Å². The van der Waals surface area contributed by atoms with E-state index < -0.39 is 0 Å². The fourth-order valence-corrected chi connectivity index (χ4v) is 2.50. The van der Waals surface area contributed by atoms with Crippen molar-refractivity contribution in [2.24, 2.45) is 5.73 Å². The van der Waals surface area contributed by atoms with Crippen LogP contribution in [0.1, 0.15) is 29.4 Å². The van der Waals surface area contributed by atoms with Crippen LogP contribution in [-0.2, 0) is 17.8 Å². The largest absolute Gasteiger partial charge is 0.343 e. The minimum absolute atomic E-state index is 0.167. The van der Waals surface area contributed by atoms with Crippen molar-refractivity contribution in [3.05, 3.63) is 15.6 Å². The first kappa shape index (κ1) is 13.1. The number of carbonyl (C=O) groups excluding carboxylic acids is 1. The number of aromatic nitrogens is 1. The first-order chi connectivity index (χ1) is 7.62. The van der Waals surface area contributed by atoms with E-state index in [0.29, 0.717) is 13.0 Å². The summed E-state index contributed by atoms with van der Waals surface area (Å²) in [6.45, 7) is 7.89. The van der Waals surface area contributed by atoms with Gasteiger partial charge < -0.3 is 10.6 Å². The van der Waals surface area contributed by atoms with Crippen LogP contribution in [0.4, 0.5) is 0 Å². The number of likely N-dealkylation sites (N-methyl/N-ethyl adjacent to an activating group) is 1. The summed E-state index contributed by atoms with van der Waals surface area (Å²) in [5, 5.41) is 0.903. The van der Waals surface area contributed by atoms with Gasteiger partial charge in [-0.2, -0.15) is 0 Å². The molecule has 0 aromatic carbocycles. The molecule has 2 N–H and O–H groups in total. The molecule has 5 heteroatoms. The Bertz CT molecular complexity index is 358. The summed E-state index contributed by atoms with van der Waals surface area (Å²) in [6, 6.07) is 0. The summed E-state index contributed by atoms with van der Waals surface area (Å²) >= 11 is 1.54. The Balaban J connectivity index is 2.72. The molecule has 0 aliphatic heterocycles. The molecule has 1 aromatic heterocycles. The highest BCUT2D eigenvalue weighted by Gasteiger charge is 2.14. The molecule has 1 amide bonds. The monoisotopic (exact) mass is 241 g/mol. The van der Waals surface area contributed by atoms with Crippen molar-refractivity contribution in [3.63, 3.8) is 0 Å². The van der Waals surface area contributed by atoms with Gasteiger partial charge in [-0.1, -0.05) is 0 Å². The molecule has 1 rings (SSSR count). The van der Waals surface area contributed by atoms with E-state index in [9.17, 15) is 4.79 Å². The lowest BCUT2D eigenvalue weighted by Crippen LogP contribution is -2.31. The van der Waals surface area contributed by atoms with Gasteiger partial charge in [-0.15, -0.1) is 11.3 Å². The maximum atomic E-state index is 11.9. The van der Waals surface area contributed by atoms with Gasteiger partial charge in [-0.3, -0.25) is 4.79 Å². The van der Waals surface area contributed by atoms with Crippen LogP contribution in [-0.4, -0.2) is 28.9 Å². The Morgan fingerprint density at radius 2 is 2.06 bits per heavy atom. The average molecular weight is 241 g/mol. The number of nitrogens with zero attached hydrogens (tertiary/aromatic N) is 2. The fraction of sp³-hybridized carbons (Fsp3) is 0.636. The third kappa shape index (κ3) is 3.02. The van der Waals surface area contributed by atoms with E-state index in [2.05, 4.69) is 4.98 Å². The molecule has 0 aliphatic carbocycles. The summed E-state index contributed by atoms with van der Waals surface area (Å²) in [5.74, 6) is 0.167. The molecule has 16 heavy (non-hydrogen) atoms. The van der Waals surface area contributed by atoms with Gasteiger partial charge in [0.2, 0.25) is 5.91 Å². The van der Waals surface area contributed by atoms with E-state index in [4.69, 9.17) is 5.73 Å². The van der Waals surface area contributed by atoms with Crippen molar-refractivity contribution in [1.29, 1.82) is 0 Å². The number of amides is 1. The third-order valence-corrected chi connectivity index (χ3v) is 3.72. The van der Waals surface area contributed by atoms with Crippen LogP contribution in [0.3, 0.4) is 0 Å². The molecule has 0 saturated heterocycles. The van der Waals surface area contributed by atoms with E-state index in [0.717, 1.165) is 28.7 Å². The minimum atomic E-state index is 0.167. The van der Waals surface area contributed by atoms with E-state index in [1.54, 1.807) is 11.3 Å². The van der Waals surface area contributed by atoms with E-state index in [-0.39, 0.29) is 5.91 Å². The van der Waals surface area contributed by atoms with Crippen LogP contribution >= 0.6 is 11.3 Å². The lowest BCUT2D eigenvalue weighted by atomic mass is 10.2. The number of hydrogen-bond acceptors (Lipinski definition) is 4. The molecule has 0 aliphatic rings. The van der Waals surface area contributed by atoms with Gasteiger partial charge in [0.1, 0.15) is 5.01 Å². The predicted octanol–water partition coefficient (Wildman–Crippen LogP) is 1.32. The molecule has 4 nitrogen and oxygen atoms in total. The van der Waals surface area contributed by atoms with E-state index in [1.807, 2.05) is 25.7 Å². The number of nitrogens with two attached hydrogens (primary N) is 1. The summed E-state index contributed by atoms with van der Waals surface area (Å²) in [6.07, 6.45) is 0.450. The topological polar surface area (TPSA) is 59.2 Å². The quantitative estimate of drug-likeness (QED) is 0.846. The molecule has 0 spiro atoms. The number of aryl methyl sites for hydroxylation is 1. The van der Waals surface area contributed by atoms with Gasteiger partial charge in [0.15, 0.2) is 0 Å². The summed E-state index contributed by atoms with van der Waals surface area (Å²) < 4.78 is 0. The second kappa shape index (κ2) is 5.96. The van der Waals surface area contributed by atoms with Crippen molar-refractivity contribution < 1.29 is 4.79 Å². The zero-order chi connectivity index (χ0) is 12.1. The molecule has 1 heterocycles. The lowest BCUT2D eigenvalue weighted by Gasteiger charge is -2.18. The SMILES string of the molecule is CCN(CC)C(=O)Cc1sc(CN)nc1C. The maximum absolute atomic E-state index is 11.9. The first-order valence-electron chi connectivity index (χ1n) is 5.55. The Morgan fingerprint density at radius 3 is 2.50 bits per heavy atom. The van der Waals surface area contributed by atoms with Gasteiger partial charge >= 0.3 is 0 Å². The summed E-state index contributed by atoms with van der Waals surface area (Å²) in [5.41, 5.74) is 6.46. The van der Waals surface area contributed by atoms with Crippen LogP contribution in [0.25, 0.3) is 0 Å². The molecule has 0 bridgehead atoms. The van der Waals surface area contributed by atoms with E-state index in [1.165, 1.54) is 0 Å². The van der Waals surface area contributed by atoms with E-state index >= 15 is 0 Å². The molecular formula is C11H19N3OS. The van der Waals surface area contributed by atoms with Crippen molar-refractivity contribution in [2.45, 2.75) is 33.7 Å². The van der Waals surface area contributed by atoms with Gasteiger partial charge in [-0.25, -0.2) is 4.98 Å². The number of carbonyl (C=O) groups is 1. The Kier molecular flexibility index (Phi) is 4.89. The molecule has 90 valence electrons. The average Bonchev–Trinajstić information content (AvgIpc) is 2.61. The molecule has 0 unspecified atom stereocenters. The highest BCUT2D eigenvalue weighted by Crippen LogP contribution is 2.18. The number of hydrogen-bond donors (Lipinski definition) is 1. The van der Waals surface area contributed by atoms with Crippen molar-refractivity contribution in [3.8, 4) is 0 Å². The van der Waals surface area contributed by atoms with Gasteiger partial charge in [-0.05, 0) is 20.8 Å². The molecule has 0 fully saturated rings. The smallest absolute Gasteiger partial charge is 0.227 e. The second-order valence-corrected chi connectivity index (χ2v) is 4.73. The standard InChI is InChI=1S/C11H19N3OS/c1-4-14(5-2)11(15)6-9-8(3)13-10(7-12)16-9/h4-7,12H2,1-3H3. The highest BCUT2D eigenvalue weighted by molar-refractivity contribution is 7.11. The normalized spacial score (nSPS) is 10.5. The number of rotatable bonds is 5. The predicted molar refractivity (Wildman–Crippen MR) is 66.4 cm³/mol. The summed E-state index contributed by atoms with van der Waals surface area (Å²) in [7, 11) is 0. The third-order valence-electron chi connectivity index (χ3n) is 2.54. The maximum Gasteiger partial charge on any atom is 0.227 e. The first-order valence-corrected chi connectivity index (χ1v) is 6.37. The lowest BCUT2D eigenvalue weighted by molar-refractivity contribution is -0.130.